The lowest BCUT2D eigenvalue weighted by Gasteiger charge is -2.02. The third kappa shape index (κ3) is 3.72. The number of benzene rings is 1. The number of amides is 1. The molecule has 1 heterocycles. The maximum absolute atomic E-state index is 12.0. The van der Waals surface area contributed by atoms with Gasteiger partial charge in [0.05, 0.1) is 12.1 Å². The first kappa shape index (κ1) is 13.9. The number of hydrogen-bond acceptors (Lipinski definition) is 4. The lowest BCUT2D eigenvalue weighted by Crippen LogP contribution is -2.14. The summed E-state index contributed by atoms with van der Waals surface area (Å²) < 4.78 is 0.885. The van der Waals surface area contributed by atoms with Crippen LogP contribution >= 0.6 is 22.6 Å². The fourth-order valence-electron chi connectivity index (χ4n) is 1.50. The summed E-state index contributed by atoms with van der Waals surface area (Å²) in [5.74, 6) is 0.0146. The van der Waals surface area contributed by atoms with Crippen molar-refractivity contribution in [2.24, 2.45) is 0 Å². The number of hydrogen-bond donors (Lipinski definition) is 1. The van der Waals surface area contributed by atoms with Gasteiger partial charge in [-0.1, -0.05) is 30.6 Å². The van der Waals surface area contributed by atoms with Crippen molar-refractivity contribution in [1.82, 2.24) is 20.2 Å². The van der Waals surface area contributed by atoms with Gasteiger partial charge < -0.3 is 0 Å². The maximum atomic E-state index is 12.0. The quantitative estimate of drug-likeness (QED) is 0.819. The number of unbranched alkanes of at least 4 members (excludes halogenated alkanes) is 1. The molecule has 7 heteroatoms. The number of nitrogens with zero attached hydrogens (tertiary/aromatic N) is 4. The van der Waals surface area contributed by atoms with Crippen LogP contribution in [0.25, 0.3) is 0 Å². The van der Waals surface area contributed by atoms with Crippen molar-refractivity contribution in [2.75, 3.05) is 5.32 Å². The Morgan fingerprint density at radius 1 is 1.42 bits per heavy atom. The second kappa shape index (κ2) is 6.60. The zero-order valence-electron chi connectivity index (χ0n) is 10.5. The first-order chi connectivity index (χ1) is 9.20. The highest BCUT2D eigenvalue weighted by molar-refractivity contribution is 14.1. The molecule has 0 atom stereocenters. The lowest BCUT2D eigenvalue weighted by molar-refractivity contribution is 0.102. The zero-order valence-corrected chi connectivity index (χ0v) is 12.7. The number of aryl methyl sites for hydroxylation is 1. The molecule has 2 aromatic rings. The molecule has 0 spiro atoms. The van der Waals surface area contributed by atoms with E-state index in [2.05, 4.69) is 50.2 Å². The second-order valence-corrected chi connectivity index (χ2v) is 5.16. The Morgan fingerprint density at radius 2 is 2.21 bits per heavy atom. The van der Waals surface area contributed by atoms with Gasteiger partial charge in [0.15, 0.2) is 0 Å². The van der Waals surface area contributed by atoms with Crippen LogP contribution in [0.5, 0.6) is 0 Å². The van der Waals surface area contributed by atoms with Gasteiger partial charge in [0.2, 0.25) is 0 Å². The molecular formula is C12H14IN5O. The van der Waals surface area contributed by atoms with Gasteiger partial charge in [-0.3, -0.25) is 10.1 Å². The molecule has 0 bridgehead atoms. The first-order valence-electron chi connectivity index (χ1n) is 6.04. The first-order valence-corrected chi connectivity index (χ1v) is 7.12. The van der Waals surface area contributed by atoms with E-state index in [1.807, 2.05) is 18.2 Å². The highest BCUT2D eigenvalue weighted by Gasteiger charge is 2.12. The molecule has 0 unspecified atom stereocenters. The molecule has 0 aliphatic rings. The van der Waals surface area contributed by atoms with E-state index in [9.17, 15) is 4.79 Å². The third-order valence-corrected chi connectivity index (χ3v) is 3.45. The largest absolute Gasteiger partial charge is 0.288 e. The Kier molecular flexibility index (Phi) is 4.83. The fraction of sp³-hybridized carbons (Fsp3) is 0.333. The molecule has 100 valence electrons. The molecule has 19 heavy (non-hydrogen) atoms. The van der Waals surface area contributed by atoms with Crippen LogP contribution in [0, 0.1) is 3.57 Å². The molecule has 1 amide bonds. The summed E-state index contributed by atoms with van der Waals surface area (Å²) in [4.78, 5) is 13.5. The summed E-state index contributed by atoms with van der Waals surface area (Å²) in [5, 5.41) is 14.4. The average Bonchev–Trinajstić information content (AvgIpc) is 2.84. The number of rotatable bonds is 5. The van der Waals surface area contributed by atoms with Crippen LogP contribution in [0.15, 0.2) is 24.3 Å². The summed E-state index contributed by atoms with van der Waals surface area (Å²) in [7, 11) is 0. The van der Waals surface area contributed by atoms with Crippen LogP contribution in [-0.2, 0) is 6.54 Å². The summed E-state index contributed by atoms with van der Waals surface area (Å²) in [5.41, 5.74) is 0.605. The fourth-order valence-corrected chi connectivity index (χ4v) is 2.13. The molecule has 0 aliphatic heterocycles. The van der Waals surface area contributed by atoms with E-state index in [-0.39, 0.29) is 11.9 Å². The number of nitrogens with one attached hydrogen (secondary N) is 1. The number of anilines is 1. The normalized spacial score (nSPS) is 10.4. The summed E-state index contributed by atoms with van der Waals surface area (Å²) >= 11 is 2.12. The van der Waals surface area contributed by atoms with Crippen LogP contribution in [0.2, 0.25) is 0 Å². The third-order valence-electron chi connectivity index (χ3n) is 2.51. The van der Waals surface area contributed by atoms with E-state index in [4.69, 9.17) is 0 Å². The van der Waals surface area contributed by atoms with E-state index in [1.54, 1.807) is 6.07 Å². The van der Waals surface area contributed by atoms with Crippen LogP contribution in [0.4, 0.5) is 5.95 Å². The van der Waals surface area contributed by atoms with Crippen LogP contribution in [-0.4, -0.2) is 26.1 Å². The van der Waals surface area contributed by atoms with Gasteiger partial charge in [0.1, 0.15) is 0 Å². The monoisotopic (exact) mass is 371 g/mol. The molecular weight excluding hydrogens is 357 g/mol. The standard InChI is InChI=1S/C12H14IN5O/c1-2-3-8-18-16-12(15-17-18)14-11(19)9-6-4-5-7-10(9)13/h4-7H,2-3,8H2,1H3,(H,14,16,19). The Labute approximate surface area is 124 Å². The minimum absolute atomic E-state index is 0.222. The van der Waals surface area contributed by atoms with Crippen molar-refractivity contribution in [3.05, 3.63) is 33.4 Å². The molecule has 0 aliphatic carbocycles. The van der Waals surface area contributed by atoms with Gasteiger partial charge >= 0.3 is 0 Å². The zero-order chi connectivity index (χ0) is 13.7. The minimum Gasteiger partial charge on any atom is -0.288 e. The van der Waals surface area contributed by atoms with Gasteiger partial charge in [-0.15, -0.1) is 5.10 Å². The molecule has 0 saturated carbocycles. The predicted molar refractivity (Wildman–Crippen MR) is 79.8 cm³/mol. The van der Waals surface area contributed by atoms with Gasteiger partial charge in [0, 0.05) is 3.57 Å². The molecule has 2 rings (SSSR count). The molecule has 0 fully saturated rings. The number of carbonyl (C=O) groups is 1. The SMILES string of the molecule is CCCCn1nnc(NC(=O)c2ccccc2I)n1. The Hall–Kier alpha value is -1.51. The van der Waals surface area contributed by atoms with Crippen molar-refractivity contribution in [3.63, 3.8) is 0 Å². The number of carbonyl (C=O) groups excluding carboxylic acids is 1. The molecule has 0 radical (unpaired) electrons. The molecule has 6 nitrogen and oxygen atoms in total. The van der Waals surface area contributed by atoms with E-state index in [0.29, 0.717) is 12.1 Å². The van der Waals surface area contributed by atoms with Gasteiger partial charge in [-0.25, -0.2) is 0 Å². The second-order valence-electron chi connectivity index (χ2n) is 4.00. The topological polar surface area (TPSA) is 72.7 Å². The minimum atomic E-state index is -0.222. The maximum Gasteiger partial charge on any atom is 0.270 e. The molecule has 0 saturated heterocycles. The van der Waals surface area contributed by atoms with Crippen molar-refractivity contribution >= 4 is 34.4 Å². The summed E-state index contributed by atoms with van der Waals surface area (Å²) in [6, 6.07) is 7.35. The predicted octanol–water partition coefficient (Wildman–Crippen LogP) is 2.33. The van der Waals surface area contributed by atoms with Crippen molar-refractivity contribution < 1.29 is 4.79 Å². The Morgan fingerprint density at radius 3 is 2.95 bits per heavy atom. The molecule has 1 aromatic carbocycles. The van der Waals surface area contributed by atoms with Gasteiger partial charge in [-0.2, -0.15) is 4.80 Å². The van der Waals surface area contributed by atoms with Crippen molar-refractivity contribution in [1.29, 1.82) is 0 Å². The molecule has 1 aromatic heterocycles. The van der Waals surface area contributed by atoms with Crippen LogP contribution in [0.3, 0.4) is 0 Å². The lowest BCUT2D eigenvalue weighted by atomic mass is 10.2. The number of halogens is 1. The van der Waals surface area contributed by atoms with Crippen molar-refractivity contribution in [2.45, 2.75) is 26.3 Å². The summed E-state index contributed by atoms with van der Waals surface area (Å²) in [6.45, 7) is 2.80. The number of tetrazole rings is 1. The summed E-state index contributed by atoms with van der Waals surface area (Å²) in [6.07, 6.45) is 2.05. The van der Waals surface area contributed by atoms with Crippen LogP contribution in [0.1, 0.15) is 30.1 Å². The van der Waals surface area contributed by atoms with E-state index < -0.39 is 0 Å². The average molecular weight is 371 g/mol. The Balaban J connectivity index is 2.03. The van der Waals surface area contributed by atoms with E-state index in [1.165, 1.54) is 4.80 Å². The smallest absolute Gasteiger partial charge is 0.270 e. The highest BCUT2D eigenvalue weighted by atomic mass is 127. The van der Waals surface area contributed by atoms with Crippen LogP contribution < -0.4 is 5.32 Å². The highest BCUT2D eigenvalue weighted by Crippen LogP contribution is 2.12. The van der Waals surface area contributed by atoms with Gasteiger partial charge in [-0.05, 0) is 46.4 Å². The van der Waals surface area contributed by atoms with Crippen molar-refractivity contribution in [3.8, 4) is 0 Å². The number of aromatic nitrogens is 4. The Bertz CT molecular complexity index is 569. The van der Waals surface area contributed by atoms with E-state index in [0.717, 1.165) is 16.4 Å². The van der Waals surface area contributed by atoms with Gasteiger partial charge in [0.25, 0.3) is 11.9 Å². The molecule has 1 N–H and O–H groups in total. The van der Waals surface area contributed by atoms with E-state index >= 15 is 0 Å².